The largest absolute Gasteiger partial charge is 0.459 e. The molecule has 0 saturated carbocycles. The molecule has 158 valence electrons. The van der Waals surface area contributed by atoms with Crippen LogP contribution in [0.15, 0.2) is 67.1 Å². The van der Waals surface area contributed by atoms with Gasteiger partial charge in [0.05, 0.1) is 12.0 Å². The van der Waals surface area contributed by atoms with E-state index in [2.05, 4.69) is 34.6 Å². The number of aryl methyl sites for hydroxylation is 1. The van der Waals surface area contributed by atoms with Crippen molar-refractivity contribution in [1.82, 2.24) is 4.98 Å². The predicted molar refractivity (Wildman–Crippen MR) is 112 cm³/mol. The van der Waals surface area contributed by atoms with E-state index < -0.39 is 23.8 Å². The van der Waals surface area contributed by atoms with E-state index >= 15 is 0 Å². The molecule has 0 radical (unpaired) electrons. The van der Waals surface area contributed by atoms with Crippen LogP contribution in [-0.4, -0.2) is 11.4 Å². The lowest BCUT2D eigenvalue weighted by Gasteiger charge is -2.04. The summed E-state index contributed by atoms with van der Waals surface area (Å²) >= 11 is 0. The topological polar surface area (TPSA) is 22.1 Å². The third-order valence-electron chi connectivity index (χ3n) is 4.30. The van der Waals surface area contributed by atoms with Gasteiger partial charge in [0.1, 0.15) is 0 Å². The molecule has 1 aromatic heterocycles. The van der Waals surface area contributed by atoms with Crippen LogP contribution in [0, 0.1) is 23.5 Å². The number of nitrogens with zero attached hydrogens (tertiary/aromatic N) is 1. The van der Waals surface area contributed by atoms with Crippen molar-refractivity contribution in [3.63, 3.8) is 0 Å². The van der Waals surface area contributed by atoms with Crippen LogP contribution in [0.25, 0.3) is 11.3 Å². The summed E-state index contributed by atoms with van der Waals surface area (Å²) in [4.78, 5) is 4.47. The summed E-state index contributed by atoms with van der Waals surface area (Å²) in [5.74, 6) is 2.70. The maximum Gasteiger partial charge on any atom is 0.260 e. The molecule has 0 aliphatic rings. The maximum atomic E-state index is 14.0. The molecule has 0 fully saturated rings. The number of aromatic nitrogens is 1. The number of benzene rings is 2. The Morgan fingerprint density at radius 1 is 0.968 bits per heavy atom. The van der Waals surface area contributed by atoms with E-state index in [1.165, 1.54) is 5.56 Å². The molecule has 0 amide bonds. The van der Waals surface area contributed by atoms with Crippen LogP contribution >= 0.6 is 0 Å². The minimum atomic E-state index is -2.78. The van der Waals surface area contributed by atoms with Gasteiger partial charge in [-0.1, -0.05) is 43.4 Å². The normalized spacial score (nSPS) is 10.9. The average Bonchev–Trinajstić information content (AvgIpc) is 2.75. The summed E-state index contributed by atoms with van der Waals surface area (Å²) in [5, 5.41) is 0. The highest BCUT2D eigenvalue weighted by Gasteiger charge is 2.11. The van der Waals surface area contributed by atoms with E-state index in [9.17, 15) is 17.6 Å². The average molecular weight is 425 g/mol. The molecule has 1 heterocycles. The van der Waals surface area contributed by atoms with Gasteiger partial charge >= 0.3 is 0 Å². The summed E-state index contributed by atoms with van der Waals surface area (Å²) in [5.41, 5.74) is 3.73. The fourth-order valence-corrected chi connectivity index (χ4v) is 2.81. The summed E-state index contributed by atoms with van der Waals surface area (Å²) in [6, 6.07) is 13.3. The van der Waals surface area contributed by atoms with Gasteiger partial charge in [0.25, 0.3) is 6.43 Å². The Morgan fingerprint density at radius 2 is 1.65 bits per heavy atom. The number of halogens is 4. The SMILES string of the molecule is CCCc1ccc(-c2ccc(C#Cc3cc(F)c(O/C=C/C(F)F)c(F)c3)cc2)nc1. The Bertz CT molecular complexity index is 1090. The highest BCUT2D eigenvalue weighted by Crippen LogP contribution is 2.24. The molecule has 3 rings (SSSR count). The molecule has 0 aliphatic heterocycles. The first-order valence-corrected chi connectivity index (χ1v) is 9.64. The molecular weight excluding hydrogens is 406 g/mol. The number of hydrogen-bond acceptors (Lipinski definition) is 2. The second-order valence-corrected chi connectivity index (χ2v) is 6.68. The molecular formula is C25H19F4NO. The van der Waals surface area contributed by atoms with Crippen molar-refractivity contribution in [2.24, 2.45) is 0 Å². The summed E-state index contributed by atoms with van der Waals surface area (Å²) in [6.07, 6.45) is 2.07. The first kappa shape index (κ1) is 22.1. The van der Waals surface area contributed by atoms with Gasteiger partial charge in [-0.05, 0) is 42.3 Å². The van der Waals surface area contributed by atoms with Crippen molar-refractivity contribution < 1.29 is 22.3 Å². The lowest BCUT2D eigenvalue weighted by molar-refractivity contribution is 0.200. The van der Waals surface area contributed by atoms with Gasteiger partial charge < -0.3 is 4.74 Å². The monoisotopic (exact) mass is 425 g/mol. The van der Waals surface area contributed by atoms with E-state index in [1.54, 1.807) is 12.1 Å². The fraction of sp³-hybridized carbons (Fsp3) is 0.160. The molecule has 6 heteroatoms. The zero-order valence-electron chi connectivity index (χ0n) is 16.7. The van der Waals surface area contributed by atoms with E-state index in [-0.39, 0.29) is 5.56 Å². The van der Waals surface area contributed by atoms with Crippen molar-refractivity contribution in [3.8, 4) is 28.8 Å². The second kappa shape index (κ2) is 10.4. The first-order chi connectivity index (χ1) is 15.0. The van der Waals surface area contributed by atoms with Gasteiger partial charge in [-0.25, -0.2) is 17.6 Å². The van der Waals surface area contributed by atoms with E-state index in [1.807, 2.05) is 24.4 Å². The van der Waals surface area contributed by atoms with Crippen molar-refractivity contribution in [2.75, 3.05) is 0 Å². The zero-order valence-corrected chi connectivity index (χ0v) is 16.7. The molecule has 0 atom stereocenters. The minimum absolute atomic E-state index is 0.0949. The summed E-state index contributed by atoms with van der Waals surface area (Å²) < 4.78 is 56.8. The number of hydrogen-bond donors (Lipinski definition) is 0. The third-order valence-corrected chi connectivity index (χ3v) is 4.30. The van der Waals surface area contributed by atoms with Gasteiger partial charge in [0.2, 0.25) is 0 Å². The van der Waals surface area contributed by atoms with Gasteiger partial charge in [-0.15, -0.1) is 0 Å². The highest BCUT2D eigenvalue weighted by molar-refractivity contribution is 5.60. The smallest absolute Gasteiger partial charge is 0.260 e. The van der Waals surface area contributed by atoms with E-state index in [0.717, 1.165) is 36.2 Å². The van der Waals surface area contributed by atoms with Crippen LogP contribution in [0.2, 0.25) is 0 Å². The number of alkyl halides is 2. The molecule has 0 unspecified atom stereocenters. The number of pyridine rings is 1. The summed E-state index contributed by atoms with van der Waals surface area (Å²) in [6.45, 7) is 2.12. The Morgan fingerprint density at radius 3 is 2.23 bits per heavy atom. The highest BCUT2D eigenvalue weighted by atomic mass is 19.3. The van der Waals surface area contributed by atoms with Crippen LogP contribution in [0.1, 0.15) is 30.0 Å². The number of allylic oxidation sites excluding steroid dienone is 1. The van der Waals surface area contributed by atoms with Crippen LogP contribution in [0.4, 0.5) is 17.6 Å². The van der Waals surface area contributed by atoms with Crippen LogP contribution in [-0.2, 0) is 6.42 Å². The van der Waals surface area contributed by atoms with Crippen molar-refractivity contribution in [2.45, 2.75) is 26.2 Å². The maximum absolute atomic E-state index is 14.0. The lowest BCUT2D eigenvalue weighted by atomic mass is 10.1. The fourth-order valence-electron chi connectivity index (χ4n) is 2.81. The molecule has 0 bridgehead atoms. The van der Waals surface area contributed by atoms with Crippen LogP contribution in [0.5, 0.6) is 5.75 Å². The molecule has 0 aliphatic carbocycles. The molecule has 0 spiro atoms. The van der Waals surface area contributed by atoms with Crippen molar-refractivity contribution >= 4 is 0 Å². The zero-order chi connectivity index (χ0) is 22.2. The van der Waals surface area contributed by atoms with Gasteiger partial charge in [0, 0.05) is 29.0 Å². The van der Waals surface area contributed by atoms with Gasteiger partial charge in [0.15, 0.2) is 17.4 Å². The van der Waals surface area contributed by atoms with E-state index in [0.29, 0.717) is 17.9 Å². The molecule has 3 aromatic rings. The number of ether oxygens (including phenoxy) is 1. The third kappa shape index (κ3) is 6.19. The number of rotatable bonds is 6. The van der Waals surface area contributed by atoms with E-state index in [4.69, 9.17) is 0 Å². The van der Waals surface area contributed by atoms with Crippen molar-refractivity contribution in [1.29, 1.82) is 0 Å². The van der Waals surface area contributed by atoms with Gasteiger partial charge in [-0.2, -0.15) is 0 Å². The lowest BCUT2D eigenvalue weighted by Crippen LogP contribution is -1.94. The molecule has 0 saturated heterocycles. The van der Waals surface area contributed by atoms with Crippen LogP contribution < -0.4 is 4.74 Å². The predicted octanol–water partition coefficient (Wildman–Crippen LogP) is 6.54. The molecule has 31 heavy (non-hydrogen) atoms. The minimum Gasteiger partial charge on any atom is -0.459 e. The Labute approximate surface area is 178 Å². The molecule has 2 aromatic carbocycles. The Kier molecular flexibility index (Phi) is 7.45. The Balaban J connectivity index is 1.73. The molecule has 0 N–H and O–H groups in total. The van der Waals surface area contributed by atoms with Gasteiger partial charge in [-0.3, -0.25) is 4.98 Å². The van der Waals surface area contributed by atoms with Crippen LogP contribution in [0.3, 0.4) is 0 Å². The first-order valence-electron chi connectivity index (χ1n) is 9.64. The Hall–Kier alpha value is -3.59. The van der Waals surface area contributed by atoms with Crippen molar-refractivity contribution in [3.05, 3.63) is 95.4 Å². The summed E-state index contributed by atoms with van der Waals surface area (Å²) in [7, 11) is 0. The molecule has 2 nitrogen and oxygen atoms in total. The second-order valence-electron chi connectivity index (χ2n) is 6.68. The standard InChI is InChI=1S/C25H19F4NO/c1-2-3-18-8-11-23(30-16-18)20-9-6-17(7-10-20)4-5-19-14-21(26)25(22(27)15-19)31-13-12-24(28)29/h6-16,24H,2-3H2,1H3/b13-12+. The quantitative estimate of drug-likeness (QED) is 0.254.